The highest BCUT2D eigenvalue weighted by Crippen LogP contribution is 2.54. The van der Waals surface area contributed by atoms with Gasteiger partial charge in [-0.2, -0.15) is 5.26 Å². The first kappa shape index (κ1) is 24.4. The minimum absolute atomic E-state index is 0.122. The predicted molar refractivity (Wildman–Crippen MR) is 151 cm³/mol. The quantitative estimate of drug-likeness (QED) is 0.432. The van der Waals surface area contributed by atoms with E-state index in [9.17, 15) is 10.1 Å². The molecule has 2 saturated heterocycles. The second-order valence-electron chi connectivity index (χ2n) is 11.6. The van der Waals surface area contributed by atoms with Gasteiger partial charge in [0.25, 0.3) is 5.91 Å². The van der Waals surface area contributed by atoms with Crippen molar-refractivity contribution < 1.29 is 4.79 Å². The maximum absolute atomic E-state index is 13.6. The Morgan fingerprint density at radius 1 is 1.03 bits per heavy atom. The Labute approximate surface area is 224 Å². The molecule has 0 radical (unpaired) electrons. The summed E-state index contributed by atoms with van der Waals surface area (Å²) in [4.78, 5) is 22.9. The lowest BCUT2D eigenvalue weighted by molar-refractivity contribution is 0.102. The van der Waals surface area contributed by atoms with Crippen molar-refractivity contribution in [2.24, 2.45) is 11.3 Å². The molecule has 4 fully saturated rings. The van der Waals surface area contributed by atoms with E-state index in [1.807, 2.05) is 30.3 Å². The van der Waals surface area contributed by atoms with Gasteiger partial charge in [-0.1, -0.05) is 6.07 Å². The van der Waals surface area contributed by atoms with Gasteiger partial charge in [0.15, 0.2) is 0 Å². The molecule has 0 bridgehead atoms. The van der Waals surface area contributed by atoms with Gasteiger partial charge in [0, 0.05) is 42.5 Å². The van der Waals surface area contributed by atoms with Crippen molar-refractivity contribution in [3.05, 3.63) is 42.0 Å². The number of carbonyl (C=O) groups is 1. The summed E-state index contributed by atoms with van der Waals surface area (Å²) in [5.74, 6) is 1.42. The lowest BCUT2D eigenvalue weighted by atomic mass is 9.93. The largest absolute Gasteiger partial charge is 0.371 e. The lowest BCUT2D eigenvalue weighted by Gasteiger charge is -2.35. The van der Waals surface area contributed by atoms with Crippen LogP contribution in [0.3, 0.4) is 0 Å². The van der Waals surface area contributed by atoms with Crippen molar-refractivity contribution in [3.63, 3.8) is 0 Å². The number of piperidine rings is 2. The van der Waals surface area contributed by atoms with Crippen LogP contribution >= 0.6 is 11.9 Å². The SMILES string of the molecule is CC1(SNc2ccc(C(=O)Nc3cccc(N4CCC(C#N)CC4)n3)c(N3CCC4(CC3)CC4)c2)CC1. The van der Waals surface area contributed by atoms with Gasteiger partial charge >= 0.3 is 0 Å². The molecule has 1 spiro atoms. The predicted octanol–water partition coefficient (Wildman–Crippen LogP) is 6.07. The van der Waals surface area contributed by atoms with Crippen LogP contribution in [0.25, 0.3) is 0 Å². The van der Waals surface area contributed by atoms with Crippen LogP contribution in [0.15, 0.2) is 36.4 Å². The second kappa shape index (κ2) is 9.75. The zero-order valence-corrected chi connectivity index (χ0v) is 22.4. The van der Waals surface area contributed by atoms with Crippen molar-refractivity contribution in [1.82, 2.24) is 4.98 Å². The van der Waals surface area contributed by atoms with E-state index in [1.54, 1.807) is 11.9 Å². The van der Waals surface area contributed by atoms with Crippen LogP contribution < -0.4 is 19.8 Å². The van der Waals surface area contributed by atoms with Gasteiger partial charge in [-0.25, -0.2) is 4.98 Å². The number of pyridine rings is 1. The normalized spacial score (nSPS) is 21.8. The molecule has 2 N–H and O–H groups in total. The van der Waals surface area contributed by atoms with Crippen molar-refractivity contribution in [2.45, 2.75) is 63.0 Å². The number of hydrogen-bond donors (Lipinski definition) is 2. The molecule has 2 saturated carbocycles. The summed E-state index contributed by atoms with van der Waals surface area (Å²) in [6.07, 6.45) is 9.35. The molecule has 4 aliphatic rings. The summed E-state index contributed by atoms with van der Waals surface area (Å²) in [5.41, 5.74) is 3.34. The van der Waals surface area contributed by atoms with E-state index >= 15 is 0 Å². The molecule has 8 heteroatoms. The second-order valence-corrected chi connectivity index (χ2v) is 13.0. The Morgan fingerprint density at radius 3 is 2.46 bits per heavy atom. The van der Waals surface area contributed by atoms with Crippen LogP contribution in [-0.2, 0) is 0 Å². The smallest absolute Gasteiger partial charge is 0.258 e. The lowest BCUT2D eigenvalue weighted by Crippen LogP contribution is -2.35. The van der Waals surface area contributed by atoms with Crippen molar-refractivity contribution in [2.75, 3.05) is 46.0 Å². The third-order valence-electron chi connectivity index (χ3n) is 8.71. The molecule has 3 heterocycles. The van der Waals surface area contributed by atoms with Gasteiger partial charge in [-0.05, 0) is 106 Å². The first-order valence-corrected chi connectivity index (χ1v) is 14.5. The number of nitrogens with zero attached hydrogens (tertiary/aromatic N) is 4. The molecule has 37 heavy (non-hydrogen) atoms. The maximum Gasteiger partial charge on any atom is 0.258 e. The first-order chi connectivity index (χ1) is 17.9. The number of benzene rings is 1. The number of aromatic nitrogens is 1. The minimum atomic E-state index is -0.122. The fraction of sp³-hybridized carbons (Fsp3) is 0.552. The van der Waals surface area contributed by atoms with Gasteiger partial charge in [0.1, 0.15) is 11.6 Å². The first-order valence-electron chi connectivity index (χ1n) is 13.7. The number of nitriles is 1. The van der Waals surface area contributed by atoms with Crippen molar-refractivity contribution in [3.8, 4) is 6.07 Å². The summed E-state index contributed by atoms with van der Waals surface area (Å²) in [6, 6.07) is 14.3. The Kier molecular flexibility index (Phi) is 6.44. The molecule has 2 aromatic rings. The fourth-order valence-electron chi connectivity index (χ4n) is 5.50. The van der Waals surface area contributed by atoms with E-state index in [4.69, 9.17) is 4.98 Å². The molecule has 0 atom stereocenters. The molecular weight excluding hydrogens is 480 g/mol. The summed E-state index contributed by atoms with van der Waals surface area (Å²) in [6.45, 7) is 5.92. The summed E-state index contributed by atoms with van der Waals surface area (Å²) >= 11 is 1.79. The van der Waals surface area contributed by atoms with E-state index in [-0.39, 0.29) is 11.8 Å². The number of anilines is 4. The van der Waals surface area contributed by atoms with Crippen LogP contribution in [0.2, 0.25) is 0 Å². The van der Waals surface area contributed by atoms with Crippen LogP contribution in [0.4, 0.5) is 23.0 Å². The number of hydrogen-bond acceptors (Lipinski definition) is 7. The minimum Gasteiger partial charge on any atom is -0.371 e. The third-order valence-corrected chi connectivity index (χ3v) is 9.95. The summed E-state index contributed by atoms with van der Waals surface area (Å²) in [5, 5.41) is 12.3. The summed E-state index contributed by atoms with van der Waals surface area (Å²) in [7, 11) is 0. The Morgan fingerprint density at radius 2 is 1.78 bits per heavy atom. The molecule has 1 aromatic heterocycles. The van der Waals surface area contributed by atoms with Crippen LogP contribution in [0, 0.1) is 22.7 Å². The zero-order chi connectivity index (χ0) is 25.5. The molecule has 0 unspecified atom stereocenters. The average molecular weight is 517 g/mol. The highest BCUT2D eigenvalue weighted by Gasteiger charge is 2.44. The molecule has 2 aliphatic carbocycles. The highest BCUT2D eigenvalue weighted by molar-refractivity contribution is 8.02. The third kappa shape index (κ3) is 5.52. The number of amides is 1. The Balaban J connectivity index is 1.19. The van der Waals surface area contributed by atoms with Crippen molar-refractivity contribution in [1.29, 1.82) is 5.26 Å². The van der Waals surface area contributed by atoms with Crippen molar-refractivity contribution >= 4 is 40.9 Å². The van der Waals surface area contributed by atoms with E-state index < -0.39 is 0 Å². The molecule has 1 aromatic carbocycles. The van der Waals surface area contributed by atoms with E-state index in [0.717, 1.165) is 56.2 Å². The Bertz CT molecular complexity index is 1200. The Hall–Kier alpha value is -2.92. The summed E-state index contributed by atoms with van der Waals surface area (Å²) < 4.78 is 3.88. The van der Waals surface area contributed by atoms with E-state index in [2.05, 4.69) is 38.9 Å². The van der Waals surface area contributed by atoms with Gasteiger partial charge in [0.2, 0.25) is 0 Å². The standard InChI is InChI=1S/C29H36N6OS/c1-28(9-10-28)37-33-22-5-6-23(24(19-22)34-17-13-29(11-12-29)14-18-34)27(36)32-25-3-2-4-26(31-25)35-15-7-21(20-30)8-16-35/h2-6,19,21,33H,7-18H2,1H3,(H,31,32,36). The monoisotopic (exact) mass is 516 g/mol. The molecule has 2 aliphatic heterocycles. The maximum atomic E-state index is 13.6. The van der Waals surface area contributed by atoms with Gasteiger partial charge in [0.05, 0.1) is 17.3 Å². The average Bonchev–Trinajstić information content (AvgIpc) is 3.87. The van der Waals surface area contributed by atoms with E-state index in [1.165, 1.54) is 38.5 Å². The molecule has 7 nitrogen and oxygen atoms in total. The van der Waals surface area contributed by atoms with Gasteiger partial charge in [-0.3, -0.25) is 4.79 Å². The van der Waals surface area contributed by atoms with Gasteiger partial charge < -0.3 is 19.8 Å². The molecular formula is C29H36N6OS. The van der Waals surface area contributed by atoms with Gasteiger partial charge in [-0.15, -0.1) is 0 Å². The highest BCUT2D eigenvalue weighted by atomic mass is 32.2. The fourth-order valence-corrected chi connectivity index (χ4v) is 6.30. The van der Waals surface area contributed by atoms with Crippen LogP contribution in [0.5, 0.6) is 0 Å². The van der Waals surface area contributed by atoms with Crippen LogP contribution in [0.1, 0.15) is 68.6 Å². The number of nitrogens with one attached hydrogen (secondary N) is 2. The molecule has 6 rings (SSSR count). The number of rotatable bonds is 7. The zero-order valence-electron chi connectivity index (χ0n) is 21.6. The molecule has 194 valence electrons. The van der Waals surface area contributed by atoms with E-state index in [0.29, 0.717) is 21.5 Å². The number of carbonyl (C=O) groups excluding carboxylic acids is 1. The van der Waals surface area contributed by atoms with Crippen LogP contribution in [-0.4, -0.2) is 41.8 Å². The topological polar surface area (TPSA) is 84.3 Å². The molecule has 1 amide bonds.